The average molecular weight is 358 g/mol. The number of carbonyl (C=O) groups is 1. The molecular weight excluding hydrogens is 336 g/mol. The summed E-state index contributed by atoms with van der Waals surface area (Å²) in [6.07, 6.45) is 3.86. The molecule has 0 aliphatic carbocycles. The second kappa shape index (κ2) is 7.96. The number of benzene rings is 2. The third kappa shape index (κ3) is 4.11. The standard InChI is InChI=1S/C23H22N2O2/c26-23(24-15-14-18-16-25-21-9-5-4-8-20(18)21)13-11-19-10-12-22(27-19)17-6-2-1-3-7-17/h1-10,12,16,25H,11,13-15H2,(H,24,26). The summed E-state index contributed by atoms with van der Waals surface area (Å²) in [5.74, 6) is 1.72. The molecule has 0 bridgehead atoms. The van der Waals surface area contributed by atoms with Gasteiger partial charge in [0.2, 0.25) is 5.91 Å². The Morgan fingerprint density at radius 3 is 2.63 bits per heavy atom. The number of aromatic amines is 1. The molecule has 0 aliphatic rings. The number of carbonyl (C=O) groups excluding carboxylic acids is 1. The summed E-state index contributed by atoms with van der Waals surface area (Å²) in [6, 6.07) is 22.1. The van der Waals surface area contributed by atoms with Gasteiger partial charge in [-0.25, -0.2) is 0 Å². The summed E-state index contributed by atoms with van der Waals surface area (Å²) in [7, 11) is 0. The van der Waals surface area contributed by atoms with Crippen LogP contribution in [-0.2, 0) is 17.6 Å². The zero-order chi connectivity index (χ0) is 18.5. The fraction of sp³-hybridized carbons (Fsp3) is 0.174. The summed E-state index contributed by atoms with van der Waals surface area (Å²) >= 11 is 0. The van der Waals surface area contributed by atoms with Crippen LogP contribution >= 0.6 is 0 Å². The van der Waals surface area contributed by atoms with E-state index in [9.17, 15) is 4.79 Å². The minimum atomic E-state index is 0.0486. The SMILES string of the molecule is O=C(CCc1ccc(-c2ccccc2)o1)NCCc1c[nH]c2ccccc12. The molecule has 0 atom stereocenters. The van der Waals surface area contributed by atoms with Gasteiger partial charge in [-0.15, -0.1) is 0 Å². The third-order valence-corrected chi connectivity index (χ3v) is 4.71. The monoisotopic (exact) mass is 358 g/mol. The van der Waals surface area contributed by atoms with Gasteiger partial charge in [-0.2, -0.15) is 0 Å². The number of hydrogen-bond acceptors (Lipinski definition) is 2. The van der Waals surface area contributed by atoms with Crippen LogP contribution in [0.4, 0.5) is 0 Å². The van der Waals surface area contributed by atoms with Crippen LogP contribution in [0.2, 0.25) is 0 Å². The number of fused-ring (bicyclic) bond motifs is 1. The molecule has 2 heterocycles. The van der Waals surface area contributed by atoms with Crippen molar-refractivity contribution in [2.24, 2.45) is 0 Å². The third-order valence-electron chi connectivity index (χ3n) is 4.71. The highest BCUT2D eigenvalue weighted by Gasteiger charge is 2.08. The van der Waals surface area contributed by atoms with Gasteiger partial charge in [0.1, 0.15) is 11.5 Å². The molecule has 0 aliphatic heterocycles. The van der Waals surface area contributed by atoms with Crippen molar-refractivity contribution in [2.75, 3.05) is 6.54 Å². The lowest BCUT2D eigenvalue weighted by atomic mass is 10.1. The van der Waals surface area contributed by atoms with E-state index < -0.39 is 0 Å². The van der Waals surface area contributed by atoms with E-state index in [1.165, 1.54) is 10.9 Å². The normalized spacial score (nSPS) is 11.0. The van der Waals surface area contributed by atoms with Crippen molar-refractivity contribution in [3.63, 3.8) is 0 Å². The number of para-hydroxylation sites is 1. The molecule has 4 heteroatoms. The predicted molar refractivity (Wildman–Crippen MR) is 107 cm³/mol. The van der Waals surface area contributed by atoms with Crippen molar-refractivity contribution < 1.29 is 9.21 Å². The van der Waals surface area contributed by atoms with Crippen molar-refractivity contribution in [1.82, 2.24) is 10.3 Å². The number of H-pyrrole nitrogens is 1. The van der Waals surface area contributed by atoms with E-state index in [0.717, 1.165) is 29.0 Å². The Balaban J connectivity index is 1.25. The molecule has 136 valence electrons. The Kier molecular flexibility index (Phi) is 5.06. The van der Waals surface area contributed by atoms with Crippen LogP contribution < -0.4 is 5.32 Å². The van der Waals surface area contributed by atoms with Crippen molar-refractivity contribution in [3.05, 3.63) is 84.3 Å². The Hall–Kier alpha value is -3.27. The lowest BCUT2D eigenvalue weighted by molar-refractivity contribution is -0.121. The van der Waals surface area contributed by atoms with Crippen LogP contribution in [0, 0.1) is 0 Å². The van der Waals surface area contributed by atoms with Gasteiger partial charge in [0.05, 0.1) is 0 Å². The molecular formula is C23H22N2O2. The number of aromatic nitrogens is 1. The minimum Gasteiger partial charge on any atom is -0.461 e. The van der Waals surface area contributed by atoms with E-state index in [1.54, 1.807) is 0 Å². The summed E-state index contributed by atoms with van der Waals surface area (Å²) < 4.78 is 5.85. The molecule has 0 unspecified atom stereocenters. The summed E-state index contributed by atoms with van der Waals surface area (Å²) in [6.45, 7) is 0.633. The smallest absolute Gasteiger partial charge is 0.220 e. The first-order valence-electron chi connectivity index (χ1n) is 9.25. The molecule has 2 aromatic heterocycles. The van der Waals surface area contributed by atoms with Gasteiger partial charge in [-0.3, -0.25) is 4.79 Å². The largest absolute Gasteiger partial charge is 0.461 e. The molecule has 0 saturated carbocycles. The van der Waals surface area contributed by atoms with Crippen molar-refractivity contribution in [1.29, 1.82) is 0 Å². The number of aryl methyl sites for hydroxylation is 1. The minimum absolute atomic E-state index is 0.0486. The summed E-state index contributed by atoms with van der Waals surface area (Å²) in [5.41, 5.74) is 3.40. The van der Waals surface area contributed by atoms with E-state index >= 15 is 0 Å². The van der Waals surface area contributed by atoms with Crippen LogP contribution in [0.25, 0.3) is 22.2 Å². The zero-order valence-electron chi connectivity index (χ0n) is 15.1. The van der Waals surface area contributed by atoms with Gasteiger partial charge >= 0.3 is 0 Å². The van der Waals surface area contributed by atoms with Gasteiger partial charge < -0.3 is 14.7 Å². The van der Waals surface area contributed by atoms with E-state index in [0.29, 0.717) is 19.4 Å². The maximum Gasteiger partial charge on any atom is 0.220 e. The molecule has 27 heavy (non-hydrogen) atoms. The highest BCUT2D eigenvalue weighted by Crippen LogP contribution is 2.22. The zero-order valence-corrected chi connectivity index (χ0v) is 15.1. The second-order valence-electron chi connectivity index (χ2n) is 6.59. The molecule has 2 N–H and O–H groups in total. The van der Waals surface area contributed by atoms with E-state index in [2.05, 4.69) is 22.4 Å². The van der Waals surface area contributed by atoms with Crippen molar-refractivity contribution in [3.8, 4) is 11.3 Å². The quantitative estimate of drug-likeness (QED) is 0.502. The van der Waals surface area contributed by atoms with Crippen molar-refractivity contribution >= 4 is 16.8 Å². The number of amides is 1. The van der Waals surface area contributed by atoms with Gasteiger partial charge in [-0.05, 0) is 30.2 Å². The Morgan fingerprint density at radius 2 is 1.74 bits per heavy atom. The maximum absolute atomic E-state index is 12.1. The van der Waals surface area contributed by atoms with E-state index in [4.69, 9.17) is 4.42 Å². The fourth-order valence-corrected chi connectivity index (χ4v) is 3.27. The van der Waals surface area contributed by atoms with E-state index in [-0.39, 0.29) is 5.91 Å². The second-order valence-corrected chi connectivity index (χ2v) is 6.59. The number of rotatable bonds is 7. The first kappa shape index (κ1) is 17.2. The highest BCUT2D eigenvalue weighted by molar-refractivity contribution is 5.83. The van der Waals surface area contributed by atoms with Gasteiger partial charge in [0, 0.05) is 42.0 Å². The molecule has 0 fully saturated rings. The molecule has 0 radical (unpaired) electrons. The number of hydrogen-bond donors (Lipinski definition) is 2. The first-order valence-corrected chi connectivity index (χ1v) is 9.25. The molecule has 0 saturated heterocycles. The van der Waals surface area contributed by atoms with Crippen molar-refractivity contribution in [2.45, 2.75) is 19.3 Å². The molecule has 0 spiro atoms. The predicted octanol–water partition coefficient (Wildman–Crippen LogP) is 4.72. The maximum atomic E-state index is 12.1. The van der Waals surface area contributed by atoms with Crippen LogP contribution in [-0.4, -0.2) is 17.4 Å². The first-order chi connectivity index (χ1) is 13.3. The highest BCUT2D eigenvalue weighted by atomic mass is 16.3. The molecule has 4 nitrogen and oxygen atoms in total. The Bertz CT molecular complexity index is 1030. The van der Waals surface area contributed by atoms with Gasteiger partial charge in [0.25, 0.3) is 0 Å². The van der Waals surface area contributed by atoms with Crippen LogP contribution in [0.5, 0.6) is 0 Å². The lowest BCUT2D eigenvalue weighted by Gasteiger charge is -2.04. The van der Waals surface area contributed by atoms with Crippen LogP contribution in [0.1, 0.15) is 17.7 Å². The number of nitrogens with one attached hydrogen (secondary N) is 2. The Morgan fingerprint density at radius 1 is 0.926 bits per heavy atom. The molecule has 1 amide bonds. The summed E-state index contributed by atoms with van der Waals surface area (Å²) in [4.78, 5) is 15.4. The Labute approximate surface area is 158 Å². The van der Waals surface area contributed by atoms with Crippen LogP contribution in [0.15, 0.2) is 77.3 Å². The summed E-state index contributed by atoms with van der Waals surface area (Å²) in [5, 5.41) is 4.22. The van der Waals surface area contributed by atoms with Gasteiger partial charge in [0.15, 0.2) is 0 Å². The van der Waals surface area contributed by atoms with Crippen LogP contribution in [0.3, 0.4) is 0 Å². The van der Waals surface area contributed by atoms with E-state index in [1.807, 2.05) is 60.8 Å². The van der Waals surface area contributed by atoms with Gasteiger partial charge in [-0.1, -0.05) is 48.5 Å². The lowest BCUT2D eigenvalue weighted by Crippen LogP contribution is -2.25. The molecule has 4 rings (SSSR count). The average Bonchev–Trinajstić information content (AvgIpc) is 3.35. The number of furan rings is 1. The molecule has 4 aromatic rings. The molecule has 2 aromatic carbocycles. The topological polar surface area (TPSA) is 58.0 Å². The fourth-order valence-electron chi connectivity index (χ4n) is 3.27.